The van der Waals surface area contributed by atoms with Crippen LogP contribution in [0.1, 0.15) is 37.5 Å². The van der Waals surface area contributed by atoms with E-state index in [0.29, 0.717) is 6.42 Å². The Labute approximate surface area is 119 Å². The molecule has 0 saturated carbocycles. The van der Waals surface area contributed by atoms with Crippen LogP contribution in [0.4, 0.5) is 0 Å². The molecule has 1 fully saturated rings. The van der Waals surface area contributed by atoms with Crippen LogP contribution in [0.15, 0.2) is 17.5 Å². The van der Waals surface area contributed by atoms with Gasteiger partial charge in [0.05, 0.1) is 6.10 Å². The van der Waals surface area contributed by atoms with Crippen molar-refractivity contribution in [2.24, 2.45) is 5.92 Å². The molecule has 19 heavy (non-hydrogen) atoms. The minimum Gasteiger partial charge on any atom is -0.393 e. The predicted octanol–water partition coefficient (Wildman–Crippen LogP) is 2.69. The van der Waals surface area contributed by atoms with Crippen molar-refractivity contribution in [1.82, 2.24) is 4.90 Å². The number of rotatable bonds is 5. The van der Waals surface area contributed by atoms with Crippen molar-refractivity contribution in [3.8, 4) is 0 Å². The quantitative estimate of drug-likeness (QED) is 0.901. The van der Waals surface area contributed by atoms with Crippen molar-refractivity contribution >= 4 is 17.2 Å². The molecule has 1 saturated heterocycles. The summed E-state index contributed by atoms with van der Waals surface area (Å²) in [5.41, 5.74) is 0. The Balaban J connectivity index is 1.73. The number of carbonyl (C=O) groups excluding carboxylic acids is 1. The van der Waals surface area contributed by atoms with Crippen LogP contribution in [0.5, 0.6) is 0 Å². The molecule has 1 aliphatic rings. The number of thiophene rings is 1. The van der Waals surface area contributed by atoms with Gasteiger partial charge in [0.1, 0.15) is 0 Å². The predicted molar refractivity (Wildman–Crippen MR) is 78.2 cm³/mol. The fourth-order valence-electron chi connectivity index (χ4n) is 2.66. The molecule has 2 unspecified atom stereocenters. The zero-order valence-corrected chi connectivity index (χ0v) is 12.4. The van der Waals surface area contributed by atoms with Crippen molar-refractivity contribution in [3.05, 3.63) is 22.4 Å². The zero-order valence-electron chi connectivity index (χ0n) is 11.5. The van der Waals surface area contributed by atoms with Crippen LogP contribution >= 0.6 is 11.3 Å². The van der Waals surface area contributed by atoms with E-state index in [-0.39, 0.29) is 17.9 Å². The first-order valence-electron chi connectivity index (χ1n) is 7.15. The van der Waals surface area contributed by atoms with Crippen LogP contribution in [0.25, 0.3) is 0 Å². The maximum Gasteiger partial charge on any atom is 0.222 e. The molecule has 2 heterocycles. The molecule has 0 aliphatic carbocycles. The maximum absolute atomic E-state index is 12.1. The Morgan fingerprint density at radius 3 is 3.16 bits per heavy atom. The van der Waals surface area contributed by atoms with Crippen LogP contribution in [0.3, 0.4) is 0 Å². The Morgan fingerprint density at radius 1 is 1.63 bits per heavy atom. The standard InChI is InChI=1S/C15H23NO2S/c1-12(17)13-5-3-9-16(11-13)15(18)8-2-6-14-7-4-10-19-14/h4,7,10,12-13,17H,2-3,5-6,8-9,11H2,1H3. The fourth-order valence-corrected chi connectivity index (χ4v) is 3.41. The molecule has 0 bridgehead atoms. The summed E-state index contributed by atoms with van der Waals surface area (Å²) < 4.78 is 0. The van der Waals surface area contributed by atoms with Crippen LogP contribution in [0.2, 0.25) is 0 Å². The van der Waals surface area contributed by atoms with E-state index in [0.717, 1.165) is 38.8 Å². The minimum atomic E-state index is -0.304. The zero-order chi connectivity index (χ0) is 13.7. The first-order chi connectivity index (χ1) is 9.16. The van der Waals surface area contributed by atoms with Gasteiger partial charge in [0, 0.05) is 30.3 Å². The number of aryl methyl sites for hydroxylation is 1. The highest BCUT2D eigenvalue weighted by Crippen LogP contribution is 2.21. The second kappa shape index (κ2) is 7.06. The molecule has 4 heteroatoms. The maximum atomic E-state index is 12.1. The van der Waals surface area contributed by atoms with Crippen molar-refractivity contribution < 1.29 is 9.90 Å². The van der Waals surface area contributed by atoms with E-state index >= 15 is 0 Å². The summed E-state index contributed by atoms with van der Waals surface area (Å²) in [5, 5.41) is 11.7. The first-order valence-corrected chi connectivity index (χ1v) is 8.03. The first kappa shape index (κ1) is 14.5. The Morgan fingerprint density at radius 2 is 2.47 bits per heavy atom. The highest BCUT2D eigenvalue weighted by Gasteiger charge is 2.25. The van der Waals surface area contributed by atoms with E-state index in [9.17, 15) is 9.90 Å². The van der Waals surface area contributed by atoms with Gasteiger partial charge in [-0.25, -0.2) is 0 Å². The van der Waals surface area contributed by atoms with Gasteiger partial charge in [-0.15, -0.1) is 11.3 Å². The lowest BCUT2D eigenvalue weighted by Gasteiger charge is -2.34. The number of carbonyl (C=O) groups is 1. The van der Waals surface area contributed by atoms with E-state index in [4.69, 9.17) is 0 Å². The van der Waals surface area contributed by atoms with Crippen LogP contribution < -0.4 is 0 Å². The highest BCUT2D eigenvalue weighted by atomic mass is 32.1. The van der Waals surface area contributed by atoms with Crippen molar-refractivity contribution in [1.29, 1.82) is 0 Å². The van der Waals surface area contributed by atoms with Crippen LogP contribution in [-0.4, -0.2) is 35.1 Å². The fraction of sp³-hybridized carbons (Fsp3) is 0.667. The molecule has 106 valence electrons. The molecule has 1 aliphatic heterocycles. The minimum absolute atomic E-state index is 0.252. The van der Waals surface area contributed by atoms with Crippen LogP contribution in [-0.2, 0) is 11.2 Å². The van der Waals surface area contributed by atoms with Gasteiger partial charge < -0.3 is 10.0 Å². The monoisotopic (exact) mass is 281 g/mol. The third-order valence-electron chi connectivity index (χ3n) is 3.89. The van der Waals surface area contributed by atoms with E-state index in [1.807, 2.05) is 11.8 Å². The molecule has 0 spiro atoms. The lowest BCUT2D eigenvalue weighted by atomic mass is 9.93. The molecule has 0 radical (unpaired) electrons. The highest BCUT2D eigenvalue weighted by molar-refractivity contribution is 7.09. The van der Waals surface area contributed by atoms with Gasteiger partial charge in [-0.1, -0.05) is 6.07 Å². The third-order valence-corrected chi connectivity index (χ3v) is 4.82. The summed E-state index contributed by atoms with van der Waals surface area (Å²) in [6, 6.07) is 4.18. The Hall–Kier alpha value is -0.870. The summed E-state index contributed by atoms with van der Waals surface area (Å²) in [4.78, 5) is 15.4. The van der Waals surface area contributed by atoms with E-state index in [1.165, 1.54) is 4.88 Å². The molecular weight excluding hydrogens is 258 g/mol. The normalized spacial score (nSPS) is 21.4. The number of piperidine rings is 1. The number of hydrogen-bond donors (Lipinski definition) is 1. The number of nitrogens with zero attached hydrogens (tertiary/aromatic N) is 1. The number of hydrogen-bond acceptors (Lipinski definition) is 3. The van der Waals surface area contributed by atoms with Gasteiger partial charge in [0.15, 0.2) is 0 Å². The molecule has 0 aromatic carbocycles. The summed E-state index contributed by atoms with van der Waals surface area (Å²) >= 11 is 1.76. The van der Waals surface area contributed by atoms with Gasteiger partial charge in [-0.2, -0.15) is 0 Å². The smallest absolute Gasteiger partial charge is 0.222 e. The second-order valence-electron chi connectivity index (χ2n) is 5.42. The van der Waals surface area contributed by atoms with Crippen molar-refractivity contribution in [2.45, 2.75) is 45.1 Å². The third kappa shape index (κ3) is 4.32. The van der Waals surface area contributed by atoms with Gasteiger partial charge in [-0.05, 0) is 44.1 Å². The SMILES string of the molecule is CC(O)C1CCCN(C(=O)CCCc2cccs2)C1. The van der Waals surface area contributed by atoms with Gasteiger partial charge >= 0.3 is 0 Å². The lowest BCUT2D eigenvalue weighted by molar-refractivity contribution is -0.133. The Kier molecular flexibility index (Phi) is 5.40. The van der Waals surface area contributed by atoms with Gasteiger partial charge in [-0.3, -0.25) is 4.79 Å². The number of amides is 1. The van der Waals surface area contributed by atoms with Crippen LogP contribution in [0, 0.1) is 5.92 Å². The molecule has 1 amide bonds. The van der Waals surface area contributed by atoms with E-state index in [2.05, 4.69) is 17.5 Å². The van der Waals surface area contributed by atoms with Gasteiger partial charge in [0.25, 0.3) is 0 Å². The van der Waals surface area contributed by atoms with Gasteiger partial charge in [0.2, 0.25) is 5.91 Å². The van der Waals surface area contributed by atoms with Crippen molar-refractivity contribution in [3.63, 3.8) is 0 Å². The molecular formula is C15H23NO2S. The van der Waals surface area contributed by atoms with E-state index < -0.39 is 0 Å². The lowest BCUT2D eigenvalue weighted by Crippen LogP contribution is -2.42. The average molecular weight is 281 g/mol. The Bertz CT molecular complexity index is 389. The average Bonchev–Trinajstić information content (AvgIpc) is 2.92. The number of likely N-dealkylation sites (tertiary alicyclic amines) is 1. The molecule has 1 aromatic heterocycles. The topological polar surface area (TPSA) is 40.5 Å². The molecule has 1 aromatic rings. The second-order valence-corrected chi connectivity index (χ2v) is 6.45. The van der Waals surface area contributed by atoms with Crippen molar-refractivity contribution in [2.75, 3.05) is 13.1 Å². The summed E-state index contributed by atoms with van der Waals surface area (Å²) in [6.45, 7) is 3.42. The van der Waals surface area contributed by atoms with E-state index in [1.54, 1.807) is 11.3 Å². The summed E-state index contributed by atoms with van der Waals surface area (Å²) in [6.07, 6.45) is 4.31. The number of aliphatic hydroxyl groups excluding tert-OH is 1. The summed E-state index contributed by atoms with van der Waals surface area (Å²) in [5.74, 6) is 0.511. The molecule has 1 N–H and O–H groups in total. The number of aliphatic hydroxyl groups is 1. The molecule has 3 nitrogen and oxygen atoms in total. The largest absolute Gasteiger partial charge is 0.393 e. The molecule has 2 atom stereocenters. The molecule has 2 rings (SSSR count). The summed E-state index contributed by atoms with van der Waals surface area (Å²) in [7, 11) is 0.